The van der Waals surface area contributed by atoms with Crippen molar-refractivity contribution in [1.82, 2.24) is 5.32 Å². The number of benzene rings is 1. The minimum absolute atomic E-state index is 0.0392. The van der Waals surface area contributed by atoms with Crippen LogP contribution in [0.3, 0.4) is 0 Å². The van der Waals surface area contributed by atoms with Crippen LogP contribution in [0.5, 0.6) is 0 Å². The van der Waals surface area contributed by atoms with Gasteiger partial charge in [0.25, 0.3) is 0 Å². The van der Waals surface area contributed by atoms with Gasteiger partial charge in [0.1, 0.15) is 11.6 Å². The van der Waals surface area contributed by atoms with Crippen LogP contribution in [0.25, 0.3) is 0 Å². The molecule has 1 rings (SSSR count). The average molecular weight is 242 g/mol. The fraction of sp³-hybridized carbons (Fsp3) is 0.417. The predicted molar refractivity (Wildman–Crippen MR) is 61.3 cm³/mol. The van der Waals surface area contributed by atoms with E-state index >= 15 is 0 Å². The van der Waals surface area contributed by atoms with Crippen LogP contribution >= 0.6 is 0 Å². The Labute approximate surface area is 99.0 Å². The van der Waals surface area contributed by atoms with Crippen LogP contribution in [-0.4, -0.2) is 18.0 Å². The van der Waals surface area contributed by atoms with Gasteiger partial charge in [0.2, 0.25) is 5.91 Å². The molecule has 3 nitrogen and oxygen atoms in total. The van der Waals surface area contributed by atoms with Crippen molar-refractivity contribution < 1.29 is 13.6 Å². The van der Waals surface area contributed by atoms with Gasteiger partial charge in [-0.25, -0.2) is 8.78 Å². The van der Waals surface area contributed by atoms with Gasteiger partial charge >= 0.3 is 0 Å². The highest BCUT2D eigenvalue weighted by atomic mass is 19.1. The molecular formula is C12H16F2N2O. The summed E-state index contributed by atoms with van der Waals surface area (Å²) >= 11 is 0. The lowest BCUT2D eigenvalue weighted by atomic mass is 10.1. The second-order valence-corrected chi connectivity index (χ2v) is 4.68. The van der Waals surface area contributed by atoms with Gasteiger partial charge < -0.3 is 11.1 Å². The van der Waals surface area contributed by atoms with E-state index in [9.17, 15) is 13.6 Å². The summed E-state index contributed by atoms with van der Waals surface area (Å²) in [6, 6.07) is 3.03. The van der Waals surface area contributed by atoms with Crippen LogP contribution in [0, 0.1) is 11.6 Å². The number of carbonyl (C=O) groups is 1. The number of carbonyl (C=O) groups excluding carboxylic acids is 1. The summed E-state index contributed by atoms with van der Waals surface area (Å²) in [4.78, 5) is 11.5. The van der Waals surface area contributed by atoms with Gasteiger partial charge in [-0.2, -0.15) is 0 Å². The fourth-order valence-electron chi connectivity index (χ4n) is 1.24. The maximum Gasteiger partial charge on any atom is 0.224 e. The number of hydrogen-bond acceptors (Lipinski definition) is 2. The molecule has 94 valence electrons. The standard InChI is InChI=1S/C12H16F2N2O/c1-12(2,15)7-16-11(17)6-8-5-9(13)3-4-10(8)14/h3-5H,6-7,15H2,1-2H3,(H,16,17). The van der Waals surface area contributed by atoms with Gasteiger partial charge in [-0.1, -0.05) is 0 Å². The molecular weight excluding hydrogens is 226 g/mol. The molecule has 3 N–H and O–H groups in total. The Morgan fingerprint density at radius 2 is 2.06 bits per heavy atom. The van der Waals surface area contributed by atoms with Crippen LogP contribution in [0.1, 0.15) is 19.4 Å². The van der Waals surface area contributed by atoms with Crippen molar-refractivity contribution in [2.75, 3.05) is 6.54 Å². The van der Waals surface area contributed by atoms with Gasteiger partial charge in [0.05, 0.1) is 6.42 Å². The number of nitrogens with two attached hydrogens (primary N) is 1. The first-order valence-corrected chi connectivity index (χ1v) is 5.27. The van der Waals surface area contributed by atoms with Gasteiger partial charge in [0.15, 0.2) is 0 Å². The number of nitrogens with one attached hydrogen (secondary N) is 1. The quantitative estimate of drug-likeness (QED) is 0.837. The normalized spacial score (nSPS) is 11.4. The van der Waals surface area contributed by atoms with Crippen molar-refractivity contribution in [2.45, 2.75) is 25.8 Å². The van der Waals surface area contributed by atoms with Crippen LogP contribution in [0.2, 0.25) is 0 Å². The molecule has 0 bridgehead atoms. The summed E-state index contributed by atoms with van der Waals surface area (Å²) in [7, 11) is 0. The fourth-order valence-corrected chi connectivity index (χ4v) is 1.24. The van der Waals surface area contributed by atoms with E-state index in [1.54, 1.807) is 13.8 Å². The van der Waals surface area contributed by atoms with E-state index in [2.05, 4.69) is 5.32 Å². The molecule has 1 aromatic carbocycles. The van der Waals surface area contributed by atoms with E-state index in [-0.39, 0.29) is 24.4 Å². The van der Waals surface area contributed by atoms with Crippen LogP contribution in [-0.2, 0) is 11.2 Å². The molecule has 0 heterocycles. The van der Waals surface area contributed by atoms with Crippen LogP contribution in [0.4, 0.5) is 8.78 Å². The molecule has 0 aromatic heterocycles. The molecule has 0 unspecified atom stereocenters. The van der Waals surface area contributed by atoms with Crippen molar-refractivity contribution in [2.24, 2.45) is 5.73 Å². The molecule has 0 aliphatic carbocycles. The zero-order chi connectivity index (χ0) is 13.1. The summed E-state index contributed by atoms with van der Waals surface area (Å²) < 4.78 is 26.1. The minimum Gasteiger partial charge on any atom is -0.354 e. The van der Waals surface area contributed by atoms with Crippen molar-refractivity contribution in [3.63, 3.8) is 0 Å². The number of hydrogen-bond donors (Lipinski definition) is 2. The van der Waals surface area contributed by atoms with E-state index in [0.717, 1.165) is 18.2 Å². The monoisotopic (exact) mass is 242 g/mol. The molecule has 17 heavy (non-hydrogen) atoms. The topological polar surface area (TPSA) is 55.1 Å². The smallest absolute Gasteiger partial charge is 0.224 e. The zero-order valence-electron chi connectivity index (χ0n) is 9.89. The molecule has 1 amide bonds. The maximum atomic E-state index is 13.2. The highest BCUT2D eigenvalue weighted by Crippen LogP contribution is 2.10. The first-order valence-electron chi connectivity index (χ1n) is 5.27. The third-order valence-electron chi connectivity index (χ3n) is 2.10. The molecule has 0 atom stereocenters. The Bertz CT molecular complexity index is 413. The molecule has 1 aromatic rings. The van der Waals surface area contributed by atoms with Gasteiger partial charge in [-0.15, -0.1) is 0 Å². The third-order valence-corrected chi connectivity index (χ3v) is 2.10. The molecule has 0 fully saturated rings. The highest BCUT2D eigenvalue weighted by molar-refractivity contribution is 5.78. The van der Waals surface area contributed by atoms with Crippen molar-refractivity contribution in [3.8, 4) is 0 Å². The molecule has 0 aliphatic rings. The Morgan fingerprint density at radius 3 is 2.65 bits per heavy atom. The molecule has 0 saturated carbocycles. The Balaban J connectivity index is 2.59. The number of halogens is 2. The summed E-state index contributed by atoms with van der Waals surface area (Å²) in [5, 5.41) is 2.56. The minimum atomic E-state index is -0.589. The molecule has 0 aliphatic heterocycles. The SMILES string of the molecule is CC(C)(N)CNC(=O)Cc1cc(F)ccc1F. The lowest BCUT2D eigenvalue weighted by molar-refractivity contribution is -0.120. The lowest BCUT2D eigenvalue weighted by Gasteiger charge is -2.18. The Hall–Kier alpha value is -1.49. The zero-order valence-corrected chi connectivity index (χ0v) is 9.89. The molecule has 0 saturated heterocycles. The lowest BCUT2D eigenvalue weighted by Crippen LogP contribution is -2.45. The summed E-state index contributed by atoms with van der Waals surface area (Å²) in [6.45, 7) is 3.80. The van der Waals surface area contributed by atoms with E-state index in [0.29, 0.717) is 0 Å². The van der Waals surface area contributed by atoms with Crippen molar-refractivity contribution >= 4 is 5.91 Å². The average Bonchev–Trinajstić information content (AvgIpc) is 2.20. The van der Waals surface area contributed by atoms with Crippen LogP contribution in [0.15, 0.2) is 18.2 Å². The van der Waals surface area contributed by atoms with Crippen molar-refractivity contribution in [3.05, 3.63) is 35.4 Å². The van der Waals surface area contributed by atoms with Crippen LogP contribution < -0.4 is 11.1 Å². The van der Waals surface area contributed by atoms with Gasteiger partial charge in [-0.3, -0.25) is 4.79 Å². The van der Waals surface area contributed by atoms with Crippen molar-refractivity contribution in [1.29, 1.82) is 0 Å². The second kappa shape index (κ2) is 5.23. The summed E-state index contributed by atoms with van der Waals surface area (Å²) in [5.41, 5.74) is 5.19. The Kier molecular flexibility index (Phi) is 4.17. The second-order valence-electron chi connectivity index (χ2n) is 4.68. The first kappa shape index (κ1) is 13.6. The Morgan fingerprint density at radius 1 is 1.41 bits per heavy atom. The first-order chi connectivity index (χ1) is 7.78. The maximum absolute atomic E-state index is 13.2. The third kappa shape index (κ3) is 4.91. The highest BCUT2D eigenvalue weighted by Gasteiger charge is 2.14. The summed E-state index contributed by atoms with van der Waals surface area (Å²) in [5.74, 6) is -1.53. The summed E-state index contributed by atoms with van der Waals surface area (Å²) in [6.07, 6.45) is -0.195. The largest absolute Gasteiger partial charge is 0.354 e. The predicted octanol–water partition coefficient (Wildman–Crippen LogP) is 1.36. The molecule has 0 radical (unpaired) electrons. The van der Waals surface area contributed by atoms with E-state index in [4.69, 9.17) is 5.73 Å². The van der Waals surface area contributed by atoms with E-state index < -0.39 is 17.2 Å². The van der Waals surface area contributed by atoms with E-state index in [1.165, 1.54) is 0 Å². The molecule has 0 spiro atoms. The number of amides is 1. The van der Waals surface area contributed by atoms with Gasteiger partial charge in [0, 0.05) is 17.6 Å². The molecule has 5 heteroatoms. The number of rotatable bonds is 4. The van der Waals surface area contributed by atoms with E-state index in [1.807, 2.05) is 0 Å². The van der Waals surface area contributed by atoms with Gasteiger partial charge in [-0.05, 0) is 32.0 Å².